The minimum absolute atomic E-state index is 0.260. The van der Waals surface area contributed by atoms with Crippen molar-refractivity contribution in [1.29, 1.82) is 0 Å². The molecule has 198 valence electrons. The molecule has 0 radical (unpaired) electrons. The van der Waals surface area contributed by atoms with Crippen LogP contribution in [0.25, 0.3) is 0 Å². The zero-order chi connectivity index (χ0) is 26.1. The van der Waals surface area contributed by atoms with Crippen molar-refractivity contribution in [3.05, 3.63) is 108 Å². The molecule has 6 nitrogen and oxygen atoms in total. The van der Waals surface area contributed by atoms with E-state index in [0.717, 1.165) is 16.7 Å². The zero-order valence-corrected chi connectivity index (χ0v) is 21.9. The number of benzene rings is 3. The Kier molecular flexibility index (Phi) is 9.86. The monoisotopic (exact) mass is 506 g/mol. The summed E-state index contributed by atoms with van der Waals surface area (Å²) in [4.78, 5) is 0. The van der Waals surface area contributed by atoms with Gasteiger partial charge in [0.1, 0.15) is 24.4 Å². The lowest BCUT2D eigenvalue weighted by atomic mass is 9.97. The molecule has 0 aromatic heterocycles. The average molecular weight is 507 g/mol. The normalized spacial score (nSPS) is 24.2. The van der Waals surface area contributed by atoms with E-state index in [4.69, 9.17) is 23.7 Å². The molecule has 0 bridgehead atoms. The number of hydrogen-bond acceptors (Lipinski definition) is 6. The van der Waals surface area contributed by atoms with E-state index >= 15 is 0 Å². The van der Waals surface area contributed by atoms with Crippen LogP contribution >= 0.6 is 0 Å². The summed E-state index contributed by atoms with van der Waals surface area (Å²) >= 11 is 0. The van der Waals surface area contributed by atoms with Gasteiger partial charge in [-0.05, 0) is 37.5 Å². The summed E-state index contributed by atoms with van der Waals surface area (Å²) in [6.07, 6.45) is -3.70. The van der Waals surface area contributed by atoms with Crippen molar-refractivity contribution in [2.24, 2.45) is 0 Å². The van der Waals surface area contributed by atoms with E-state index in [1.165, 1.54) is 0 Å². The Bertz CT molecular complexity index is 1040. The standard InChI is InChI=1S/C31H38O6/c1-31(2,3)37-30-27(32)29(35-21-25-17-11-6-12-18-25)28(34-20-24-15-9-5-10-16-24)26(36-30)22-33-19-23-13-7-4-8-14-23/h4-18,26-30,32H,19-22H2,1-3H3/t26-,27-,28-,29-,30+/m1/s1. The second-order valence-corrected chi connectivity index (χ2v) is 10.3. The lowest BCUT2D eigenvalue weighted by Crippen LogP contribution is -2.61. The van der Waals surface area contributed by atoms with Crippen LogP contribution in [0.5, 0.6) is 0 Å². The first kappa shape index (κ1) is 27.5. The van der Waals surface area contributed by atoms with Gasteiger partial charge in [-0.2, -0.15) is 0 Å². The summed E-state index contributed by atoms with van der Waals surface area (Å²) in [5, 5.41) is 11.4. The Labute approximate surface area is 220 Å². The SMILES string of the molecule is CC(C)(C)O[C@@H]1O[C@H](COCc2ccccc2)[C@@H](OCc2ccccc2)[C@H](OCc2ccccc2)[C@H]1O. The molecule has 1 aliphatic rings. The van der Waals surface area contributed by atoms with Crippen molar-refractivity contribution in [3.63, 3.8) is 0 Å². The Morgan fingerprint density at radius 3 is 1.62 bits per heavy atom. The molecule has 0 spiro atoms. The summed E-state index contributed by atoms with van der Waals surface area (Å²) in [7, 11) is 0. The highest BCUT2D eigenvalue weighted by molar-refractivity contribution is 5.15. The second kappa shape index (κ2) is 13.3. The van der Waals surface area contributed by atoms with Crippen LogP contribution in [0.2, 0.25) is 0 Å². The van der Waals surface area contributed by atoms with Crippen molar-refractivity contribution in [2.75, 3.05) is 6.61 Å². The number of hydrogen-bond donors (Lipinski definition) is 1. The number of ether oxygens (including phenoxy) is 5. The highest BCUT2D eigenvalue weighted by atomic mass is 16.7. The fraction of sp³-hybridized carbons (Fsp3) is 0.419. The quantitative estimate of drug-likeness (QED) is 0.382. The predicted octanol–water partition coefficient (Wildman–Crippen LogP) is 5.27. The van der Waals surface area contributed by atoms with Gasteiger partial charge in [-0.3, -0.25) is 0 Å². The summed E-state index contributed by atoms with van der Waals surface area (Å²) in [5.74, 6) is 0. The minimum Gasteiger partial charge on any atom is -0.385 e. The van der Waals surface area contributed by atoms with Crippen LogP contribution in [-0.2, 0) is 43.5 Å². The average Bonchev–Trinajstić information content (AvgIpc) is 2.90. The molecule has 0 aliphatic carbocycles. The lowest BCUT2D eigenvalue weighted by molar-refractivity contribution is -0.335. The molecule has 1 heterocycles. The maximum atomic E-state index is 11.4. The van der Waals surface area contributed by atoms with Gasteiger partial charge < -0.3 is 28.8 Å². The van der Waals surface area contributed by atoms with Crippen LogP contribution in [-0.4, -0.2) is 48.0 Å². The third-order valence-electron chi connectivity index (χ3n) is 6.05. The Morgan fingerprint density at radius 1 is 0.676 bits per heavy atom. The minimum atomic E-state index is -1.05. The van der Waals surface area contributed by atoms with E-state index in [2.05, 4.69) is 0 Å². The Balaban J connectivity index is 1.54. The number of rotatable bonds is 11. The zero-order valence-electron chi connectivity index (χ0n) is 21.9. The summed E-state index contributed by atoms with van der Waals surface area (Å²) < 4.78 is 31.2. The van der Waals surface area contributed by atoms with Crippen LogP contribution in [0.1, 0.15) is 37.5 Å². The molecule has 5 atom stereocenters. The molecule has 0 amide bonds. The summed E-state index contributed by atoms with van der Waals surface area (Å²) in [6.45, 7) is 7.18. The van der Waals surface area contributed by atoms with Crippen LogP contribution in [0.4, 0.5) is 0 Å². The van der Waals surface area contributed by atoms with Gasteiger partial charge in [-0.25, -0.2) is 0 Å². The van der Waals surface area contributed by atoms with Crippen molar-refractivity contribution in [2.45, 2.75) is 76.9 Å². The molecule has 6 heteroatoms. The molecule has 0 unspecified atom stereocenters. The Hall–Kier alpha value is -2.58. The molecule has 3 aromatic carbocycles. The molecule has 37 heavy (non-hydrogen) atoms. The molecule has 4 rings (SSSR count). The van der Waals surface area contributed by atoms with Crippen LogP contribution < -0.4 is 0 Å². The predicted molar refractivity (Wildman–Crippen MR) is 142 cm³/mol. The van der Waals surface area contributed by atoms with E-state index in [0.29, 0.717) is 19.8 Å². The lowest BCUT2D eigenvalue weighted by Gasteiger charge is -2.45. The third-order valence-corrected chi connectivity index (χ3v) is 6.05. The molecule has 0 saturated carbocycles. The highest BCUT2D eigenvalue weighted by Crippen LogP contribution is 2.31. The molecule has 1 fully saturated rings. The third kappa shape index (κ3) is 8.47. The van der Waals surface area contributed by atoms with E-state index in [9.17, 15) is 5.11 Å². The summed E-state index contributed by atoms with van der Waals surface area (Å²) in [5.41, 5.74) is 2.58. The molecule has 3 aromatic rings. The van der Waals surface area contributed by atoms with Gasteiger partial charge in [0, 0.05) is 0 Å². The van der Waals surface area contributed by atoms with Gasteiger partial charge in [-0.1, -0.05) is 91.0 Å². The van der Waals surface area contributed by atoms with Crippen molar-refractivity contribution < 1.29 is 28.8 Å². The summed E-state index contributed by atoms with van der Waals surface area (Å²) in [6, 6.07) is 29.8. The van der Waals surface area contributed by atoms with Gasteiger partial charge in [-0.15, -0.1) is 0 Å². The van der Waals surface area contributed by atoms with Gasteiger partial charge in [0.15, 0.2) is 6.29 Å². The van der Waals surface area contributed by atoms with Gasteiger partial charge in [0.05, 0.1) is 32.0 Å². The molecule has 1 saturated heterocycles. The van der Waals surface area contributed by atoms with Crippen molar-refractivity contribution in [1.82, 2.24) is 0 Å². The Morgan fingerprint density at radius 2 is 1.14 bits per heavy atom. The first-order valence-corrected chi connectivity index (χ1v) is 12.8. The van der Waals surface area contributed by atoms with Gasteiger partial charge >= 0.3 is 0 Å². The highest BCUT2D eigenvalue weighted by Gasteiger charge is 2.48. The number of aliphatic hydroxyl groups excluding tert-OH is 1. The van der Waals surface area contributed by atoms with Crippen LogP contribution in [0.15, 0.2) is 91.0 Å². The van der Waals surface area contributed by atoms with E-state index in [-0.39, 0.29) is 6.61 Å². The molecule has 1 aliphatic heterocycles. The largest absolute Gasteiger partial charge is 0.385 e. The number of aliphatic hydroxyl groups is 1. The fourth-order valence-corrected chi connectivity index (χ4v) is 4.27. The first-order chi connectivity index (χ1) is 17.9. The van der Waals surface area contributed by atoms with Crippen LogP contribution in [0.3, 0.4) is 0 Å². The smallest absolute Gasteiger partial charge is 0.187 e. The maximum Gasteiger partial charge on any atom is 0.187 e. The van der Waals surface area contributed by atoms with Crippen molar-refractivity contribution in [3.8, 4) is 0 Å². The van der Waals surface area contributed by atoms with Gasteiger partial charge in [0.2, 0.25) is 0 Å². The molecule has 1 N–H and O–H groups in total. The maximum absolute atomic E-state index is 11.4. The van der Waals surface area contributed by atoms with Crippen LogP contribution in [0, 0.1) is 0 Å². The molecular weight excluding hydrogens is 468 g/mol. The van der Waals surface area contributed by atoms with Gasteiger partial charge in [0.25, 0.3) is 0 Å². The fourth-order valence-electron chi connectivity index (χ4n) is 4.27. The van der Waals surface area contributed by atoms with Crippen molar-refractivity contribution >= 4 is 0 Å². The van der Waals surface area contributed by atoms with E-state index in [1.807, 2.05) is 112 Å². The molecular formula is C31H38O6. The topological polar surface area (TPSA) is 66.4 Å². The first-order valence-electron chi connectivity index (χ1n) is 12.8. The van der Waals surface area contributed by atoms with E-state index < -0.39 is 36.3 Å². The van der Waals surface area contributed by atoms with E-state index in [1.54, 1.807) is 0 Å². The second-order valence-electron chi connectivity index (χ2n) is 10.3.